The summed E-state index contributed by atoms with van der Waals surface area (Å²) in [6.45, 7) is 9.97. The predicted molar refractivity (Wildman–Crippen MR) is 115 cm³/mol. The molecule has 1 N–H and O–H groups in total. The maximum Gasteiger partial charge on any atom is 0.166 e. The van der Waals surface area contributed by atoms with Gasteiger partial charge in [0.25, 0.3) is 0 Å². The first-order valence-electron chi connectivity index (χ1n) is 10.7. The Hall–Kier alpha value is -1.64. The van der Waals surface area contributed by atoms with E-state index < -0.39 is 0 Å². The van der Waals surface area contributed by atoms with Crippen LogP contribution in [-0.4, -0.2) is 16.7 Å². The molecular weight excluding hydrogens is 336 g/mol. The number of aryl methyl sites for hydroxylation is 1. The number of benzene rings is 1. The quantitative estimate of drug-likeness (QED) is 0.317. The van der Waals surface area contributed by atoms with E-state index in [2.05, 4.69) is 20.8 Å². The third-order valence-corrected chi connectivity index (χ3v) is 4.53. The van der Waals surface area contributed by atoms with E-state index in [0.717, 1.165) is 24.8 Å². The first-order valence-corrected chi connectivity index (χ1v) is 10.7. The van der Waals surface area contributed by atoms with Gasteiger partial charge in [0.05, 0.1) is 5.56 Å². The average Bonchev–Trinajstić information content (AvgIpc) is 2.59. The van der Waals surface area contributed by atoms with Crippen molar-refractivity contribution in [3.63, 3.8) is 0 Å². The first kappa shape index (κ1) is 25.4. The maximum atomic E-state index is 12.3. The summed E-state index contributed by atoms with van der Waals surface area (Å²) in [5, 5.41) is 10.1. The number of ketones is 2. The van der Waals surface area contributed by atoms with Crippen molar-refractivity contribution < 1.29 is 14.7 Å². The molecule has 1 aromatic rings. The average molecular weight is 377 g/mol. The second kappa shape index (κ2) is 15.4. The SMILES string of the molecule is CCCCCC.CCCCCCCC(=O)c1c(O)cc(C)cc1CC(C)=O. The van der Waals surface area contributed by atoms with Crippen LogP contribution in [0.5, 0.6) is 5.75 Å². The van der Waals surface area contributed by atoms with E-state index in [4.69, 9.17) is 0 Å². The summed E-state index contributed by atoms with van der Waals surface area (Å²) in [6.07, 6.45) is 11.6. The number of hydrogen-bond donors (Lipinski definition) is 1. The van der Waals surface area contributed by atoms with E-state index in [9.17, 15) is 14.7 Å². The number of rotatable bonds is 12. The fraction of sp³-hybridized carbons (Fsp3) is 0.667. The lowest BCUT2D eigenvalue weighted by Crippen LogP contribution is -2.08. The Morgan fingerprint density at radius 2 is 1.37 bits per heavy atom. The number of carbonyl (C=O) groups is 2. The molecule has 0 fully saturated rings. The number of unbranched alkanes of at least 4 members (excludes halogenated alkanes) is 7. The lowest BCUT2D eigenvalue weighted by molar-refractivity contribution is -0.116. The Morgan fingerprint density at radius 1 is 0.852 bits per heavy atom. The molecule has 3 nitrogen and oxygen atoms in total. The monoisotopic (exact) mass is 376 g/mol. The Morgan fingerprint density at radius 3 is 1.89 bits per heavy atom. The molecular formula is C24H40O3. The third kappa shape index (κ3) is 11.6. The summed E-state index contributed by atoms with van der Waals surface area (Å²) < 4.78 is 0. The number of hydrogen-bond acceptors (Lipinski definition) is 3. The second-order valence-electron chi connectivity index (χ2n) is 7.49. The van der Waals surface area contributed by atoms with Gasteiger partial charge in [-0.2, -0.15) is 0 Å². The molecule has 27 heavy (non-hydrogen) atoms. The summed E-state index contributed by atoms with van der Waals surface area (Å²) in [5.41, 5.74) is 1.85. The van der Waals surface area contributed by atoms with Crippen molar-refractivity contribution in [1.29, 1.82) is 0 Å². The van der Waals surface area contributed by atoms with E-state index in [0.29, 0.717) is 17.5 Å². The largest absolute Gasteiger partial charge is 0.507 e. The van der Waals surface area contributed by atoms with Crippen LogP contribution in [0.4, 0.5) is 0 Å². The molecule has 0 aliphatic rings. The van der Waals surface area contributed by atoms with Gasteiger partial charge in [-0.1, -0.05) is 78.2 Å². The zero-order valence-electron chi connectivity index (χ0n) is 18.2. The van der Waals surface area contributed by atoms with Crippen LogP contribution < -0.4 is 0 Å². The minimum Gasteiger partial charge on any atom is -0.507 e. The fourth-order valence-electron chi connectivity index (χ4n) is 3.08. The predicted octanol–water partition coefficient (Wildman–Crippen LogP) is 6.96. The topological polar surface area (TPSA) is 54.4 Å². The molecule has 0 heterocycles. The van der Waals surface area contributed by atoms with Crippen LogP contribution >= 0.6 is 0 Å². The van der Waals surface area contributed by atoms with Gasteiger partial charge in [0.1, 0.15) is 11.5 Å². The maximum absolute atomic E-state index is 12.3. The molecule has 0 saturated heterocycles. The Kier molecular flexibility index (Phi) is 14.5. The van der Waals surface area contributed by atoms with Gasteiger partial charge in [0.15, 0.2) is 5.78 Å². The fourth-order valence-corrected chi connectivity index (χ4v) is 3.08. The minimum atomic E-state index is -0.0553. The highest BCUT2D eigenvalue weighted by Gasteiger charge is 2.17. The van der Waals surface area contributed by atoms with Crippen LogP contribution in [0.2, 0.25) is 0 Å². The van der Waals surface area contributed by atoms with E-state index in [1.165, 1.54) is 45.4 Å². The van der Waals surface area contributed by atoms with E-state index in [1.54, 1.807) is 6.07 Å². The molecule has 0 bridgehead atoms. The lowest BCUT2D eigenvalue weighted by atomic mass is 9.94. The summed E-state index contributed by atoms with van der Waals surface area (Å²) in [5.74, 6) is -0.0537. The van der Waals surface area contributed by atoms with Crippen LogP contribution in [0.15, 0.2) is 12.1 Å². The van der Waals surface area contributed by atoms with Gasteiger partial charge >= 0.3 is 0 Å². The van der Waals surface area contributed by atoms with Crippen LogP contribution in [-0.2, 0) is 11.2 Å². The molecule has 0 unspecified atom stereocenters. The van der Waals surface area contributed by atoms with Gasteiger partial charge in [0.2, 0.25) is 0 Å². The highest BCUT2D eigenvalue weighted by molar-refractivity contribution is 6.01. The molecule has 0 atom stereocenters. The van der Waals surface area contributed by atoms with Crippen molar-refractivity contribution in [2.24, 2.45) is 0 Å². The number of aromatic hydroxyl groups is 1. The summed E-state index contributed by atoms with van der Waals surface area (Å²) >= 11 is 0. The zero-order valence-corrected chi connectivity index (χ0v) is 18.2. The van der Waals surface area contributed by atoms with Crippen LogP contribution in [0.25, 0.3) is 0 Å². The van der Waals surface area contributed by atoms with Crippen molar-refractivity contribution >= 4 is 11.6 Å². The Balaban J connectivity index is 0.000000972. The number of Topliss-reactive ketones (excluding diaryl/α,β-unsaturated/α-hetero) is 2. The van der Waals surface area contributed by atoms with Gasteiger partial charge in [-0.25, -0.2) is 0 Å². The molecule has 0 spiro atoms. The van der Waals surface area contributed by atoms with Crippen molar-refractivity contribution in [1.82, 2.24) is 0 Å². The Bertz CT molecular complexity index is 557. The van der Waals surface area contributed by atoms with Gasteiger partial charge < -0.3 is 5.11 Å². The summed E-state index contributed by atoms with van der Waals surface area (Å²) in [4.78, 5) is 23.7. The third-order valence-electron chi connectivity index (χ3n) is 4.53. The molecule has 0 aliphatic carbocycles. The number of phenols is 1. The van der Waals surface area contributed by atoms with Gasteiger partial charge in [-0.15, -0.1) is 0 Å². The van der Waals surface area contributed by atoms with Gasteiger partial charge in [0, 0.05) is 12.8 Å². The lowest BCUT2D eigenvalue weighted by Gasteiger charge is -2.11. The molecule has 0 aromatic heterocycles. The highest BCUT2D eigenvalue weighted by atomic mass is 16.3. The first-order chi connectivity index (χ1) is 12.9. The van der Waals surface area contributed by atoms with E-state index in [1.807, 2.05) is 13.0 Å². The smallest absolute Gasteiger partial charge is 0.166 e. The molecule has 0 saturated carbocycles. The molecule has 1 rings (SSSR count). The van der Waals surface area contributed by atoms with Gasteiger partial charge in [-0.05, 0) is 37.5 Å². The Labute approximate surface area is 166 Å². The molecule has 0 amide bonds. The van der Waals surface area contributed by atoms with E-state index in [-0.39, 0.29) is 23.7 Å². The van der Waals surface area contributed by atoms with Crippen LogP contribution in [0.3, 0.4) is 0 Å². The van der Waals surface area contributed by atoms with Crippen LogP contribution in [0, 0.1) is 6.92 Å². The van der Waals surface area contributed by atoms with E-state index >= 15 is 0 Å². The molecule has 1 aromatic carbocycles. The standard InChI is InChI=1S/C18H26O3.C6H14/c1-4-5-6-7-8-9-16(20)18-15(12-14(3)19)10-13(2)11-17(18)21;1-3-5-6-4-2/h10-11,21H,4-9,12H2,1-3H3;3-6H2,1-2H3. The van der Waals surface area contributed by atoms with Crippen molar-refractivity contribution in [2.75, 3.05) is 0 Å². The normalized spacial score (nSPS) is 10.3. The van der Waals surface area contributed by atoms with Crippen molar-refractivity contribution in [3.8, 4) is 5.75 Å². The molecule has 3 heteroatoms. The summed E-state index contributed by atoms with van der Waals surface area (Å²) in [6, 6.07) is 3.42. The second-order valence-corrected chi connectivity index (χ2v) is 7.49. The van der Waals surface area contributed by atoms with Crippen molar-refractivity contribution in [3.05, 3.63) is 28.8 Å². The van der Waals surface area contributed by atoms with Crippen molar-refractivity contribution in [2.45, 2.75) is 105 Å². The minimum absolute atomic E-state index is 0.00278. The molecule has 154 valence electrons. The number of phenolic OH excluding ortho intramolecular Hbond substituents is 1. The highest BCUT2D eigenvalue weighted by Crippen LogP contribution is 2.26. The summed E-state index contributed by atoms with van der Waals surface area (Å²) in [7, 11) is 0. The molecule has 0 aliphatic heterocycles. The molecule has 0 radical (unpaired) electrons. The zero-order chi connectivity index (χ0) is 20.7. The number of carbonyl (C=O) groups excluding carboxylic acids is 2. The van der Waals surface area contributed by atoms with Crippen LogP contribution in [0.1, 0.15) is 113 Å². The van der Waals surface area contributed by atoms with Gasteiger partial charge in [-0.3, -0.25) is 9.59 Å².